The first kappa shape index (κ1) is 15.7. The predicted molar refractivity (Wildman–Crippen MR) is 89.7 cm³/mol. The molecule has 0 atom stereocenters. The molecule has 0 amide bonds. The molecule has 0 spiro atoms. The van der Waals surface area contributed by atoms with Crippen molar-refractivity contribution in [1.29, 1.82) is 0 Å². The second-order valence-corrected chi connectivity index (χ2v) is 6.07. The summed E-state index contributed by atoms with van der Waals surface area (Å²) >= 11 is 2.16. The Kier molecular flexibility index (Phi) is 5.12. The fraction of sp³-hybridized carbons (Fsp3) is 0.176. The van der Waals surface area contributed by atoms with E-state index >= 15 is 0 Å². The highest BCUT2D eigenvalue weighted by molar-refractivity contribution is 14.1. The van der Waals surface area contributed by atoms with Crippen molar-refractivity contribution in [3.05, 3.63) is 68.3 Å². The Morgan fingerprint density at radius 2 is 1.71 bits per heavy atom. The number of benzene rings is 2. The lowest BCUT2D eigenvalue weighted by Gasteiger charge is -2.07. The van der Waals surface area contributed by atoms with Crippen LogP contribution in [-0.2, 0) is 4.74 Å². The summed E-state index contributed by atoms with van der Waals surface area (Å²) < 4.78 is 6.12. The maximum absolute atomic E-state index is 12.1. The number of hydrogen-bond acceptors (Lipinski definition) is 3. The molecule has 108 valence electrons. The number of ketones is 1. The van der Waals surface area contributed by atoms with Crippen LogP contribution in [0, 0.1) is 17.4 Å². The van der Waals surface area contributed by atoms with Gasteiger partial charge in [-0.25, -0.2) is 4.79 Å². The number of ether oxygens (including phenoxy) is 1. The molecule has 0 saturated heterocycles. The summed E-state index contributed by atoms with van der Waals surface area (Å²) in [6.07, 6.45) is 0. The van der Waals surface area contributed by atoms with Gasteiger partial charge in [-0.05, 0) is 66.3 Å². The Morgan fingerprint density at radius 1 is 1.05 bits per heavy atom. The van der Waals surface area contributed by atoms with Gasteiger partial charge in [-0.2, -0.15) is 0 Å². The molecule has 21 heavy (non-hydrogen) atoms. The Balaban J connectivity index is 2.00. The van der Waals surface area contributed by atoms with Crippen LogP contribution in [0.15, 0.2) is 42.5 Å². The van der Waals surface area contributed by atoms with E-state index in [9.17, 15) is 9.59 Å². The van der Waals surface area contributed by atoms with E-state index in [0.717, 1.165) is 14.7 Å². The second-order valence-electron chi connectivity index (χ2n) is 4.82. The van der Waals surface area contributed by atoms with Crippen molar-refractivity contribution in [3.63, 3.8) is 0 Å². The van der Waals surface area contributed by atoms with E-state index in [4.69, 9.17) is 4.74 Å². The summed E-state index contributed by atoms with van der Waals surface area (Å²) in [5.41, 5.74) is 3.03. The first-order valence-corrected chi connectivity index (χ1v) is 7.58. The van der Waals surface area contributed by atoms with Crippen LogP contribution >= 0.6 is 22.6 Å². The van der Waals surface area contributed by atoms with E-state index in [1.54, 1.807) is 18.2 Å². The van der Waals surface area contributed by atoms with Crippen molar-refractivity contribution in [1.82, 2.24) is 0 Å². The molecule has 0 unspecified atom stereocenters. The van der Waals surface area contributed by atoms with Gasteiger partial charge in [0.05, 0.1) is 5.56 Å². The van der Waals surface area contributed by atoms with Crippen molar-refractivity contribution >= 4 is 34.3 Å². The molecular formula is C17H15IO3. The van der Waals surface area contributed by atoms with Crippen LogP contribution in [0.3, 0.4) is 0 Å². The zero-order valence-electron chi connectivity index (χ0n) is 11.9. The number of carbonyl (C=O) groups excluding carboxylic acids is 2. The monoisotopic (exact) mass is 394 g/mol. The maximum Gasteiger partial charge on any atom is 0.338 e. The highest BCUT2D eigenvalue weighted by atomic mass is 127. The quantitative estimate of drug-likeness (QED) is 0.448. The van der Waals surface area contributed by atoms with Gasteiger partial charge in [-0.1, -0.05) is 23.8 Å². The summed E-state index contributed by atoms with van der Waals surface area (Å²) in [6.45, 7) is 3.61. The molecule has 3 nitrogen and oxygen atoms in total. The number of esters is 1. The third-order valence-corrected chi connectivity index (χ3v) is 3.82. The van der Waals surface area contributed by atoms with Crippen molar-refractivity contribution in [3.8, 4) is 0 Å². The molecule has 0 saturated carbocycles. The van der Waals surface area contributed by atoms with Gasteiger partial charge in [-0.3, -0.25) is 4.79 Å². The molecule has 4 heteroatoms. The standard InChI is InChI=1S/C17H15IO3/c1-11-3-8-15(12(2)9-11)16(19)10-21-17(20)13-4-6-14(18)7-5-13/h3-9H,10H2,1-2H3. The molecule has 0 radical (unpaired) electrons. The van der Waals surface area contributed by atoms with Crippen LogP contribution in [0.5, 0.6) is 0 Å². The molecule has 0 aliphatic rings. The molecule has 0 aliphatic heterocycles. The van der Waals surface area contributed by atoms with Crippen LogP contribution in [0.25, 0.3) is 0 Å². The highest BCUT2D eigenvalue weighted by Gasteiger charge is 2.13. The number of aryl methyl sites for hydroxylation is 2. The lowest BCUT2D eigenvalue weighted by Crippen LogP contribution is -2.15. The minimum absolute atomic E-state index is 0.189. The normalized spacial score (nSPS) is 10.2. The van der Waals surface area contributed by atoms with Gasteiger partial charge in [0.2, 0.25) is 5.78 Å². The molecule has 2 aromatic rings. The highest BCUT2D eigenvalue weighted by Crippen LogP contribution is 2.12. The average Bonchev–Trinajstić information content (AvgIpc) is 2.45. The molecule has 0 bridgehead atoms. The number of Topliss-reactive ketones (excluding diaryl/α,β-unsaturated/α-hetero) is 1. The molecule has 0 N–H and O–H groups in total. The number of halogens is 1. The summed E-state index contributed by atoms with van der Waals surface area (Å²) in [6, 6.07) is 12.6. The molecule has 0 aromatic heterocycles. The third kappa shape index (κ3) is 4.14. The van der Waals surface area contributed by atoms with E-state index in [2.05, 4.69) is 22.6 Å². The van der Waals surface area contributed by atoms with Crippen LogP contribution in [-0.4, -0.2) is 18.4 Å². The van der Waals surface area contributed by atoms with Gasteiger partial charge in [0.25, 0.3) is 0 Å². The largest absolute Gasteiger partial charge is 0.454 e. The zero-order chi connectivity index (χ0) is 15.4. The van der Waals surface area contributed by atoms with E-state index in [1.165, 1.54) is 0 Å². The summed E-state index contributed by atoms with van der Waals surface area (Å²) in [5.74, 6) is -0.670. The maximum atomic E-state index is 12.1. The molecule has 0 aliphatic carbocycles. The summed E-state index contributed by atoms with van der Waals surface area (Å²) in [5, 5.41) is 0. The SMILES string of the molecule is Cc1ccc(C(=O)COC(=O)c2ccc(I)cc2)c(C)c1. The fourth-order valence-corrected chi connectivity index (χ4v) is 2.36. The van der Waals surface area contributed by atoms with Crippen LogP contribution < -0.4 is 0 Å². The van der Waals surface area contributed by atoms with Crippen molar-refractivity contribution in [2.24, 2.45) is 0 Å². The van der Waals surface area contributed by atoms with Gasteiger partial charge < -0.3 is 4.74 Å². The molecule has 0 heterocycles. The van der Waals surface area contributed by atoms with Crippen LogP contribution in [0.1, 0.15) is 31.8 Å². The Morgan fingerprint density at radius 3 is 2.33 bits per heavy atom. The minimum Gasteiger partial charge on any atom is -0.454 e. The van der Waals surface area contributed by atoms with Crippen molar-refractivity contribution in [2.45, 2.75) is 13.8 Å². The van der Waals surface area contributed by atoms with Crippen LogP contribution in [0.2, 0.25) is 0 Å². The molecule has 0 fully saturated rings. The van der Waals surface area contributed by atoms with E-state index in [1.807, 2.05) is 38.1 Å². The van der Waals surface area contributed by atoms with Crippen molar-refractivity contribution < 1.29 is 14.3 Å². The van der Waals surface area contributed by atoms with E-state index < -0.39 is 5.97 Å². The average molecular weight is 394 g/mol. The van der Waals surface area contributed by atoms with Crippen molar-refractivity contribution in [2.75, 3.05) is 6.61 Å². The third-order valence-electron chi connectivity index (χ3n) is 3.10. The molecular weight excluding hydrogens is 379 g/mol. The predicted octanol–water partition coefficient (Wildman–Crippen LogP) is 3.95. The van der Waals surface area contributed by atoms with Gasteiger partial charge in [0, 0.05) is 9.13 Å². The van der Waals surface area contributed by atoms with Gasteiger partial charge >= 0.3 is 5.97 Å². The zero-order valence-corrected chi connectivity index (χ0v) is 14.0. The number of hydrogen-bond donors (Lipinski definition) is 0. The van der Waals surface area contributed by atoms with Gasteiger partial charge in [-0.15, -0.1) is 0 Å². The first-order chi connectivity index (χ1) is 9.97. The summed E-state index contributed by atoms with van der Waals surface area (Å²) in [4.78, 5) is 23.9. The van der Waals surface area contributed by atoms with E-state index in [0.29, 0.717) is 11.1 Å². The Labute approximate surface area is 137 Å². The second kappa shape index (κ2) is 6.85. The Hall–Kier alpha value is -1.69. The van der Waals surface area contributed by atoms with E-state index in [-0.39, 0.29) is 12.4 Å². The minimum atomic E-state index is -0.482. The Bertz CT molecular complexity index is 675. The lowest BCUT2D eigenvalue weighted by atomic mass is 10.0. The lowest BCUT2D eigenvalue weighted by molar-refractivity contribution is 0.0474. The topological polar surface area (TPSA) is 43.4 Å². The fourth-order valence-electron chi connectivity index (χ4n) is 2.00. The number of carbonyl (C=O) groups is 2. The summed E-state index contributed by atoms with van der Waals surface area (Å²) in [7, 11) is 0. The van der Waals surface area contributed by atoms with Gasteiger partial charge in [0.1, 0.15) is 0 Å². The van der Waals surface area contributed by atoms with Gasteiger partial charge in [0.15, 0.2) is 6.61 Å². The molecule has 2 rings (SSSR count). The number of rotatable bonds is 4. The van der Waals surface area contributed by atoms with Crippen LogP contribution in [0.4, 0.5) is 0 Å². The molecule has 2 aromatic carbocycles. The smallest absolute Gasteiger partial charge is 0.338 e. The first-order valence-electron chi connectivity index (χ1n) is 6.50.